The van der Waals surface area contributed by atoms with E-state index in [9.17, 15) is 14.0 Å². The number of hydrogen-bond donors (Lipinski definition) is 1. The van der Waals surface area contributed by atoms with Crippen molar-refractivity contribution in [2.75, 3.05) is 31.9 Å². The lowest BCUT2D eigenvalue weighted by atomic mass is 10.2. The Bertz CT molecular complexity index is 607. The van der Waals surface area contributed by atoms with Gasteiger partial charge in [-0.1, -0.05) is 36.1 Å². The summed E-state index contributed by atoms with van der Waals surface area (Å²) in [6.45, 7) is 8.21. The maximum Gasteiger partial charge on any atom is 0.239 e. The molecule has 0 aromatic heterocycles. The molecular weight excluding hydrogens is 373 g/mol. The van der Waals surface area contributed by atoms with Crippen molar-refractivity contribution in [3.63, 3.8) is 0 Å². The largest absolute Gasteiger partial charge is 0.358 e. The van der Waals surface area contributed by atoms with Gasteiger partial charge in [-0.25, -0.2) is 4.39 Å². The second kappa shape index (κ2) is 11.9. The van der Waals surface area contributed by atoms with E-state index in [0.29, 0.717) is 17.4 Å². The zero-order valence-corrected chi connectivity index (χ0v) is 17.1. The monoisotopic (exact) mass is 399 g/mol. The quantitative estimate of drug-likeness (QED) is 0.647. The van der Waals surface area contributed by atoms with Crippen LogP contribution < -0.4 is 5.32 Å². The summed E-state index contributed by atoms with van der Waals surface area (Å²) in [5.41, 5.74) is 0.800. The fourth-order valence-corrected chi connectivity index (χ4v) is 3.50. The molecule has 0 heterocycles. The van der Waals surface area contributed by atoms with E-state index < -0.39 is 0 Å². The lowest BCUT2D eigenvalue weighted by Gasteiger charge is -2.23. The Balaban J connectivity index is 2.44. The molecule has 5 nitrogen and oxygen atoms in total. The minimum Gasteiger partial charge on any atom is -0.358 e. The molecule has 0 aliphatic heterocycles. The summed E-state index contributed by atoms with van der Waals surface area (Å²) in [5.74, 6) is -0.471. The number of thioether (sulfide) groups is 1. The van der Waals surface area contributed by atoms with Crippen molar-refractivity contribution in [1.82, 2.24) is 15.1 Å². The van der Waals surface area contributed by atoms with E-state index in [2.05, 4.69) is 5.32 Å². The van der Waals surface area contributed by atoms with E-state index in [0.717, 1.165) is 18.7 Å². The summed E-state index contributed by atoms with van der Waals surface area (Å²) < 4.78 is 13.6. The number of nitrogens with zero attached hydrogens (tertiary/aromatic N) is 2. The maximum absolute atomic E-state index is 12.9. The van der Waals surface area contributed by atoms with Gasteiger partial charge in [0.2, 0.25) is 11.8 Å². The number of likely N-dealkylation sites (N-methyl/N-ethyl adjacent to an activating group) is 1. The number of carbonyl (C=O) groups is 2. The van der Waals surface area contributed by atoms with Crippen molar-refractivity contribution in [3.8, 4) is 0 Å². The van der Waals surface area contributed by atoms with Gasteiger partial charge in [0.15, 0.2) is 0 Å². The molecule has 26 heavy (non-hydrogen) atoms. The molecule has 144 valence electrons. The Morgan fingerprint density at radius 3 is 2.19 bits per heavy atom. The molecule has 0 aliphatic rings. The van der Waals surface area contributed by atoms with Crippen LogP contribution in [0.4, 0.5) is 4.39 Å². The van der Waals surface area contributed by atoms with Gasteiger partial charge in [-0.2, -0.15) is 0 Å². The van der Waals surface area contributed by atoms with Gasteiger partial charge >= 0.3 is 0 Å². The van der Waals surface area contributed by atoms with Crippen LogP contribution in [0.2, 0.25) is 0 Å². The number of thiocarbonyl (C=S) groups is 1. The molecule has 8 heteroatoms. The molecule has 1 rings (SSSR count). The smallest absolute Gasteiger partial charge is 0.239 e. The van der Waals surface area contributed by atoms with Gasteiger partial charge in [0, 0.05) is 26.2 Å². The summed E-state index contributed by atoms with van der Waals surface area (Å²) in [4.78, 5) is 27.9. The first-order valence-electron chi connectivity index (χ1n) is 8.61. The lowest BCUT2D eigenvalue weighted by molar-refractivity contribution is -0.133. The minimum atomic E-state index is -0.317. The Morgan fingerprint density at radius 1 is 1.08 bits per heavy atom. The molecule has 1 N–H and O–H groups in total. The summed E-state index contributed by atoms with van der Waals surface area (Å²) in [6.07, 6.45) is 0. The average molecular weight is 400 g/mol. The molecule has 0 radical (unpaired) electrons. The van der Waals surface area contributed by atoms with Crippen LogP contribution in [0.5, 0.6) is 0 Å². The van der Waals surface area contributed by atoms with Crippen molar-refractivity contribution >= 4 is 40.1 Å². The second-order valence-electron chi connectivity index (χ2n) is 5.54. The summed E-state index contributed by atoms with van der Waals surface area (Å²) >= 11 is 6.64. The van der Waals surface area contributed by atoms with E-state index in [1.54, 1.807) is 12.1 Å². The number of carbonyl (C=O) groups excluding carboxylic acids is 2. The van der Waals surface area contributed by atoms with Crippen LogP contribution in [0.3, 0.4) is 0 Å². The van der Waals surface area contributed by atoms with Crippen LogP contribution in [0.25, 0.3) is 0 Å². The minimum absolute atomic E-state index is 0.00484. The zero-order valence-electron chi connectivity index (χ0n) is 15.5. The van der Waals surface area contributed by atoms with Crippen molar-refractivity contribution < 1.29 is 14.0 Å². The van der Waals surface area contributed by atoms with Crippen LogP contribution >= 0.6 is 24.0 Å². The van der Waals surface area contributed by atoms with Gasteiger partial charge in [-0.3, -0.25) is 9.59 Å². The fraction of sp³-hybridized carbons (Fsp3) is 0.500. The molecule has 0 bridgehead atoms. The highest BCUT2D eigenvalue weighted by Gasteiger charge is 2.17. The topological polar surface area (TPSA) is 52.7 Å². The van der Waals surface area contributed by atoms with Crippen LogP contribution in [-0.2, 0) is 16.1 Å². The number of amides is 2. The van der Waals surface area contributed by atoms with Gasteiger partial charge in [-0.15, -0.1) is 0 Å². The number of benzene rings is 1. The third-order valence-electron chi connectivity index (χ3n) is 3.81. The van der Waals surface area contributed by atoms with Gasteiger partial charge in [0.05, 0.1) is 12.3 Å². The summed E-state index contributed by atoms with van der Waals surface area (Å²) in [7, 11) is 0. The van der Waals surface area contributed by atoms with E-state index in [1.165, 1.54) is 28.8 Å². The van der Waals surface area contributed by atoms with Crippen molar-refractivity contribution in [2.45, 2.75) is 27.3 Å². The predicted octanol–water partition coefficient (Wildman–Crippen LogP) is 2.65. The Morgan fingerprint density at radius 2 is 1.65 bits per heavy atom. The van der Waals surface area contributed by atoms with Gasteiger partial charge in [-0.05, 0) is 38.5 Å². The highest BCUT2D eigenvalue weighted by molar-refractivity contribution is 8.23. The predicted molar refractivity (Wildman–Crippen MR) is 108 cm³/mol. The first-order chi connectivity index (χ1) is 12.4. The zero-order chi connectivity index (χ0) is 19.5. The number of halogens is 1. The standard InChI is InChI=1S/C18H26FN3O2S2/c1-4-21(5-2)18(25)26-13-17(24)22(6-3)12-16(23)20-11-14-7-9-15(19)10-8-14/h7-10H,4-6,11-13H2,1-3H3,(H,20,23). The first-order valence-corrected chi connectivity index (χ1v) is 10.0. The molecule has 1 aromatic rings. The number of nitrogens with one attached hydrogen (secondary N) is 1. The normalized spacial score (nSPS) is 10.3. The van der Waals surface area contributed by atoms with Crippen LogP contribution in [0.1, 0.15) is 26.3 Å². The maximum atomic E-state index is 12.9. The summed E-state index contributed by atoms with van der Waals surface area (Å²) in [6, 6.07) is 5.92. The van der Waals surface area contributed by atoms with E-state index in [1.807, 2.05) is 25.7 Å². The SMILES string of the molecule is CCN(CC(=O)NCc1ccc(F)cc1)C(=O)CSC(=S)N(CC)CC. The highest BCUT2D eigenvalue weighted by atomic mass is 32.2. The highest BCUT2D eigenvalue weighted by Crippen LogP contribution is 2.10. The molecule has 0 aliphatic carbocycles. The van der Waals surface area contributed by atoms with Crippen molar-refractivity contribution in [3.05, 3.63) is 35.6 Å². The molecule has 0 atom stereocenters. The van der Waals surface area contributed by atoms with E-state index in [-0.39, 0.29) is 29.9 Å². The Kier molecular flexibility index (Phi) is 10.2. The van der Waals surface area contributed by atoms with Crippen molar-refractivity contribution in [2.24, 2.45) is 0 Å². The fourth-order valence-electron chi connectivity index (χ4n) is 2.20. The van der Waals surface area contributed by atoms with Crippen LogP contribution in [0, 0.1) is 5.82 Å². The Hall–Kier alpha value is -1.67. The second-order valence-corrected chi connectivity index (χ2v) is 7.15. The third kappa shape index (κ3) is 7.70. The van der Waals surface area contributed by atoms with Crippen molar-refractivity contribution in [1.29, 1.82) is 0 Å². The van der Waals surface area contributed by atoms with E-state index >= 15 is 0 Å². The Labute approximate surface area is 164 Å². The van der Waals surface area contributed by atoms with Gasteiger partial charge < -0.3 is 15.1 Å². The molecule has 2 amide bonds. The lowest BCUT2D eigenvalue weighted by Crippen LogP contribution is -2.41. The summed E-state index contributed by atoms with van der Waals surface area (Å²) in [5, 5.41) is 2.74. The van der Waals surface area contributed by atoms with Crippen LogP contribution in [0.15, 0.2) is 24.3 Å². The van der Waals surface area contributed by atoms with Gasteiger partial charge in [0.25, 0.3) is 0 Å². The molecule has 0 spiro atoms. The first kappa shape index (κ1) is 22.4. The van der Waals surface area contributed by atoms with Gasteiger partial charge in [0.1, 0.15) is 10.1 Å². The molecule has 0 fully saturated rings. The molecule has 0 unspecified atom stereocenters. The molecule has 0 saturated heterocycles. The van der Waals surface area contributed by atoms with Crippen LogP contribution in [-0.4, -0.2) is 57.9 Å². The number of rotatable bonds is 9. The molecule has 1 aromatic carbocycles. The third-order valence-corrected chi connectivity index (χ3v) is 5.32. The van der Waals surface area contributed by atoms with E-state index in [4.69, 9.17) is 12.2 Å². The molecular formula is C18H26FN3O2S2. The average Bonchev–Trinajstić information content (AvgIpc) is 2.64. The number of hydrogen-bond acceptors (Lipinski definition) is 4. The molecule has 0 saturated carbocycles.